The van der Waals surface area contributed by atoms with Gasteiger partial charge >= 0.3 is 6.61 Å². The fourth-order valence-electron chi connectivity index (χ4n) is 3.53. The number of fused-ring (bicyclic) bond motifs is 1. The van der Waals surface area contributed by atoms with Crippen molar-refractivity contribution in [1.29, 1.82) is 0 Å². The number of carbonyl (C=O) groups excluding carboxylic acids is 2. The Bertz CT molecular complexity index is 1230. The summed E-state index contributed by atoms with van der Waals surface area (Å²) in [6.07, 6.45) is 3.10. The molecule has 33 heavy (non-hydrogen) atoms. The van der Waals surface area contributed by atoms with Crippen molar-refractivity contribution >= 4 is 17.7 Å². The second-order valence-corrected chi connectivity index (χ2v) is 8.41. The summed E-state index contributed by atoms with van der Waals surface area (Å²) in [5, 5.41) is 6.77. The van der Waals surface area contributed by atoms with Gasteiger partial charge in [-0.05, 0) is 43.2 Å². The molecular formula is C23H22F3N3O4. The minimum absolute atomic E-state index is 0.00485. The van der Waals surface area contributed by atoms with Gasteiger partial charge in [0.2, 0.25) is 0 Å². The van der Waals surface area contributed by atoms with Crippen molar-refractivity contribution in [2.45, 2.75) is 44.5 Å². The van der Waals surface area contributed by atoms with Gasteiger partial charge in [0.25, 0.3) is 5.91 Å². The van der Waals surface area contributed by atoms with Crippen molar-refractivity contribution in [2.75, 3.05) is 7.11 Å². The van der Waals surface area contributed by atoms with Crippen LogP contribution in [0, 0.1) is 0 Å². The Hall–Kier alpha value is -3.56. The van der Waals surface area contributed by atoms with Gasteiger partial charge in [0.05, 0.1) is 24.9 Å². The first-order valence-corrected chi connectivity index (χ1v) is 10.2. The van der Waals surface area contributed by atoms with Crippen LogP contribution < -0.4 is 14.8 Å². The summed E-state index contributed by atoms with van der Waals surface area (Å²) in [4.78, 5) is 24.1. The van der Waals surface area contributed by atoms with Crippen molar-refractivity contribution in [3.63, 3.8) is 0 Å². The molecule has 0 bridgehead atoms. The van der Waals surface area contributed by atoms with Crippen LogP contribution in [0.4, 0.5) is 13.2 Å². The standard InChI is InChI=1S/C23H22F3N3O4/c1-23(2,11-30)13-4-5-17-14(9-27-29(17)10-13)12-6-18(32-3)20(19(7-12)33-22(25)26)21(31)28-16-8-15(16)24/h4-7,9-11,15-16,22H,8H2,1-3H3,(H,28,31)/t15-,16+/m0/s1. The SMILES string of the molecule is COc1cc(-c2cnn3cc(C(C)(C)C=O)ccc23)cc(OC(F)F)c1C(=O)N[C@@H]1C[C@@H]1F. The van der Waals surface area contributed by atoms with E-state index in [1.54, 1.807) is 36.7 Å². The number of hydrogen-bond donors (Lipinski definition) is 1. The molecule has 0 radical (unpaired) electrons. The molecule has 1 saturated carbocycles. The molecule has 7 nitrogen and oxygen atoms in total. The van der Waals surface area contributed by atoms with Crippen molar-refractivity contribution in [3.05, 3.63) is 47.8 Å². The highest BCUT2D eigenvalue weighted by atomic mass is 19.3. The van der Waals surface area contributed by atoms with Crippen LogP contribution in [0.2, 0.25) is 0 Å². The highest BCUT2D eigenvalue weighted by Gasteiger charge is 2.40. The van der Waals surface area contributed by atoms with E-state index >= 15 is 0 Å². The lowest BCUT2D eigenvalue weighted by molar-refractivity contribution is -0.111. The molecule has 4 rings (SSSR count). The molecule has 174 valence electrons. The first-order valence-electron chi connectivity index (χ1n) is 10.2. The summed E-state index contributed by atoms with van der Waals surface area (Å²) in [5.41, 5.74) is 1.43. The van der Waals surface area contributed by atoms with E-state index in [1.807, 2.05) is 0 Å². The van der Waals surface area contributed by atoms with E-state index < -0.39 is 35.9 Å². The average Bonchev–Trinajstić information content (AvgIpc) is 3.30. The number of pyridine rings is 1. The number of aromatic nitrogens is 2. The van der Waals surface area contributed by atoms with Crippen molar-refractivity contribution in [3.8, 4) is 22.6 Å². The minimum atomic E-state index is -3.19. The van der Waals surface area contributed by atoms with Crippen LogP contribution in [0.5, 0.6) is 11.5 Å². The molecule has 10 heteroatoms. The molecule has 1 amide bonds. The number of benzene rings is 1. The maximum atomic E-state index is 13.2. The Balaban J connectivity index is 1.80. The molecule has 0 saturated heterocycles. The Morgan fingerprint density at radius 3 is 2.61 bits per heavy atom. The first kappa shape index (κ1) is 22.6. The summed E-state index contributed by atoms with van der Waals surface area (Å²) in [6.45, 7) is 0.366. The van der Waals surface area contributed by atoms with Gasteiger partial charge in [-0.3, -0.25) is 4.79 Å². The van der Waals surface area contributed by atoms with Gasteiger partial charge in [0, 0.05) is 23.6 Å². The van der Waals surface area contributed by atoms with Gasteiger partial charge in [0.1, 0.15) is 29.5 Å². The predicted octanol–water partition coefficient (Wildman–Crippen LogP) is 3.93. The molecular weight excluding hydrogens is 439 g/mol. The van der Waals surface area contributed by atoms with Crippen LogP contribution in [0.25, 0.3) is 16.6 Å². The smallest absolute Gasteiger partial charge is 0.387 e. The lowest BCUT2D eigenvalue weighted by Crippen LogP contribution is -2.28. The van der Waals surface area contributed by atoms with E-state index in [1.165, 1.54) is 25.4 Å². The summed E-state index contributed by atoms with van der Waals surface area (Å²) < 4.78 is 51.1. The van der Waals surface area contributed by atoms with E-state index in [0.29, 0.717) is 16.6 Å². The molecule has 3 aromatic rings. The number of aldehydes is 1. The van der Waals surface area contributed by atoms with Crippen molar-refractivity contribution < 1.29 is 32.2 Å². The monoisotopic (exact) mass is 461 g/mol. The lowest BCUT2D eigenvalue weighted by atomic mass is 9.87. The van der Waals surface area contributed by atoms with Crippen LogP contribution in [-0.4, -0.2) is 47.7 Å². The van der Waals surface area contributed by atoms with E-state index in [2.05, 4.69) is 15.2 Å². The number of halogens is 3. The molecule has 1 N–H and O–H groups in total. The van der Waals surface area contributed by atoms with Gasteiger partial charge in [-0.2, -0.15) is 13.9 Å². The number of ether oxygens (including phenoxy) is 2. The van der Waals surface area contributed by atoms with Gasteiger partial charge in [-0.15, -0.1) is 0 Å². The normalized spacial score (nSPS) is 17.8. The molecule has 0 aliphatic heterocycles. The third-order valence-corrected chi connectivity index (χ3v) is 5.62. The summed E-state index contributed by atoms with van der Waals surface area (Å²) in [6, 6.07) is 5.69. The molecule has 1 aromatic carbocycles. The molecule has 1 aliphatic carbocycles. The predicted molar refractivity (Wildman–Crippen MR) is 114 cm³/mol. The molecule has 2 atom stereocenters. The number of methoxy groups -OCH3 is 1. The second kappa shape index (κ2) is 8.42. The van der Waals surface area contributed by atoms with E-state index in [4.69, 9.17) is 4.74 Å². The Morgan fingerprint density at radius 2 is 2.00 bits per heavy atom. The fourth-order valence-corrected chi connectivity index (χ4v) is 3.53. The van der Waals surface area contributed by atoms with E-state index in [9.17, 15) is 22.8 Å². The number of amides is 1. The number of nitrogens with one attached hydrogen (secondary N) is 1. The van der Waals surface area contributed by atoms with Crippen LogP contribution in [0.1, 0.15) is 36.2 Å². The Labute approximate surface area is 187 Å². The number of rotatable bonds is 8. The average molecular weight is 461 g/mol. The molecule has 2 aromatic heterocycles. The number of hydrogen-bond acceptors (Lipinski definition) is 5. The largest absolute Gasteiger partial charge is 0.496 e. The molecule has 1 aliphatic rings. The zero-order valence-corrected chi connectivity index (χ0v) is 18.1. The molecule has 1 fully saturated rings. The lowest BCUT2D eigenvalue weighted by Gasteiger charge is -2.17. The Kier molecular flexibility index (Phi) is 5.77. The van der Waals surface area contributed by atoms with Crippen molar-refractivity contribution in [2.24, 2.45) is 0 Å². The fraction of sp³-hybridized carbons (Fsp3) is 0.348. The summed E-state index contributed by atoms with van der Waals surface area (Å²) >= 11 is 0. The Morgan fingerprint density at radius 1 is 1.30 bits per heavy atom. The quantitative estimate of drug-likeness (QED) is 0.514. The van der Waals surface area contributed by atoms with Crippen LogP contribution >= 0.6 is 0 Å². The topological polar surface area (TPSA) is 81.9 Å². The zero-order valence-electron chi connectivity index (χ0n) is 18.1. The van der Waals surface area contributed by atoms with E-state index in [0.717, 1.165) is 11.8 Å². The molecule has 0 spiro atoms. The third-order valence-electron chi connectivity index (χ3n) is 5.62. The third kappa shape index (κ3) is 4.37. The van der Waals surface area contributed by atoms with E-state index in [-0.39, 0.29) is 17.7 Å². The van der Waals surface area contributed by atoms with Gasteiger partial charge in [0.15, 0.2) is 0 Å². The van der Waals surface area contributed by atoms with Crippen LogP contribution in [0.3, 0.4) is 0 Å². The van der Waals surface area contributed by atoms with Crippen LogP contribution in [0.15, 0.2) is 36.7 Å². The number of alkyl halides is 3. The highest BCUT2D eigenvalue weighted by molar-refractivity contribution is 6.01. The summed E-state index contributed by atoms with van der Waals surface area (Å²) in [5.74, 6) is -1.17. The summed E-state index contributed by atoms with van der Waals surface area (Å²) in [7, 11) is 1.29. The first-order chi connectivity index (χ1) is 15.6. The molecule has 2 heterocycles. The molecule has 0 unspecified atom stereocenters. The maximum Gasteiger partial charge on any atom is 0.387 e. The minimum Gasteiger partial charge on any atom is -0.496 e. The van der Waals surface area contributed by atoms with Crippen LogP contribution in [-0.2, 0) is 10.2 Å². The van der Waals surface area contributed by atoms with Crippen molar-refractivity contribution in [1.82, 2.24) is 14.9 Å². The zero-order chi connectivity index (χ0) is 23.9. The van der Waals surface area contributed by atoms with Gasteiger partial charge < -0.3 is 19.6 Å². The number of carbonyl (C=O) groups is 2. The number of nitrogens with zero attached hydrogens (tertiary/aromatic N) is 2. The van der Waals surface area contributed by atoms with Gasteiger partial charge in [-0.1, -0.05) is 6.07 Å². The maximum absolute atomic E-state index is 13.2. The highest BCUT2D eigenvalue weighted by Crippen LogP contribution is 2.38. The second-order valence-electron chi connectivity index (χ2n) is 8.41. The van der Waals surface area contributed by atoms with Gasteiger partial charge in [-0.25, -0.2) is 8.91 Å².